The Labute approximate surface area is 195 Å². The number of halogens is 2. The van der Waals surface area contributed by atoms with Crippen molar-refractivity contribution < 1.29 is 28.9 Å². The number of aliphatic hydroxyl groups excluding tert-OH is 2. The second kappa shape index (κ2) is 13.8. The van der Waals surface area contributed by atoms with E-state index >= 15 is 0 Å². The lowest BCUT2D eigenvalue weighted by Gasteiger charge is -2.23. The Bertz CT molecular complexity index is 726. The van der Waals surface area contributed by atoms with Gasteiger partial charge in [0.25, 0.3) is 0 Å². The van der Waals surface area contributed by atoms with Crippen LogP contribution in [0.15, 0.2) is 36.4 Å². The molecule has 0 aliphatic heterocycles. The first kappa shape index (κ1) is 26.6. The highest BCUT2D eigenvalue weighted by molar-refractivity contribution is 6.30. The molecule has 0 amide bonds. The van der Waals surface area contributed by atoms with E-state index in [4.69, 9.17) is 21.1 Å². The number of esters is 1. The van der Waals surface area contributed by atoms with Gasteiger partial charge in [0.05, 0.1) is 18.3 Å². The van der Waals surface area contributed by atoms with Gasteiger partial charge in [0.1, 0.15) is 18.5 Å². The Morgan fingerprint density at radius 1 is 1.25 bits per heavy atom. The number of carbonyl (C=O) groups is 1. The molecular weight excluding hydrogens is 435 g/mol. The zero-order valence-electron chi connectivity index (χ0n) is 19.0. The summed E-state index contributed by atoms with van der Waals surface area (Å²) in [5, 5.41) is 21.2. The summed E-state index contributed by atoms with van der Waals surface area (Å²) in [6.07, 6.45) is 5.00. The molecule has 1 aromatic rings. The summed E-state index contributed by atoms with van der Waals surface area (Å²) in [5.74, 6) is 0.0770. The molecule has 1 fully saturated rings. The van der Waals surface area contributed by atoms with Crippen LogP contribution in [0, 0.1) is 11.8 Å². The van der Waals surface area contributed by atoms with Gasteiger partial charge in [-0.25, -0.2) is 4.39 Å². The molecule has 0 aromatic heterocycles. The average Bonchev–Trinajstić information content (AvgIpc) is 2.99. The quantitative estimate of drug-likeness (QED) is 0.233. The first-order chi connectivity index (χ1) is 15.3. The molecule has 1 aliphatic carbocycles. The number of allylic oxidation sites excluding steroid dienone is 2. The fourth-order valence-corrected chi connectivity index (χ4v) is 4.34. The van der Waals surface area contributed by atoms with Gasteiger partial charge in [0, 0.05) is 11.4 Å². The van der Waals surface area contributed by atoms with Gasteiger partial charge >= 0.3 is 5.97 Å². The van der Waals surface area contributed by atoms with Gasteiger partial charge < -0.3 is 19.7 Å². The van der Waals surface area contributed by atoms with Crippen LogP contribution in [0.3, 0.4) is 0 Å². The van der Waals surface area contributed by atoms with Gasteiger partial charge in [-0.15, -0.1) is 0 Å². The molecule has 1 aliphatic rings. The lowest BCUT2D eigenvalue weighted by molar-refractivity contribution is -0.147. The zero-order chi connectivity index (χ0) is 23.5. The third-order valence-corrected chi connectivity index (χ3v) is 5.99. The number of rotatable bonds is 13. The van der Waals surface area contributed by atoms with Crippen LogP contribution < -0.4 is 4.74 Å². The highest BCUT2D eigenvalue weighted by Gasteiger charge is 2.40. The highest BCUT2D eigenvalue weighted by Crippen LogP contribution is 2.38. The number of unbranched alkanes of at least 4 members (excludes halogenated alkanes) is 1. The van der Waals surface area contributed by atoms with Crippen LogP contribution in [0.2, 0.25) is 5.02 Å². The van der Waals surface area contributed by atoms with Crippen molar-refractivity contribution >= 4 is 17.6 Å². The van der Waals surface area contributed by atoms with E-state index in [0.29, 0.717) is 42.9 Å². The molecule has 180 valence electrons. The van der Waals surface area contributed by atoms with E-state index < -0.39 is 18.4 Å². The van der Waals surface area contributed by atoms with E-state index in [1.165, 1.54) is 0 Å². The van der Waals surface area contributed by atoms with Crippen molar-refractivity contribution in [1.82, 2.24) is 0 Å². The van der Waals surface area contributed by atoms with Crippen LogP contribution >= 0.6 is 11.6 Å². The fraction of sp³-hybridized carbons (Fsp3) is 0.640. The molecule has 0 spiro atoms. The summed E-state index contributed by atoms with van der Waals surface area (Å²) in [6, 6.07) is 6.84. The van der Waals surface area contributed by atoms with Crippen LogP contribution in [0.25, 0.3) is 0 Å². The molecule has 1 aromatic carbocycles. The van der Waals surface area contributed by atoms with Crippen molar-refractivity contribution in [1.29, 1.82) is 0 Å². The van der Waals surface area contributed by atoms with Crippen LogP contribution in [0.1, 0.15) is 58.8 Å². The largest absolute Gasteiger partial charge is 0.491 e. The van der Waals surface area contributed by atoms with E-state index in [-0.39, 0.29) is 36.9 Å². The first-order valence-electron chi connectivity index (χ1n) is 11.5. The van der Waals surface area contributed by atoms with Gasteiger partial charge in [0.15, 0.2) is 0 Å². The molecule has 0 unspecified atom stereocenters. The van der Waals surface area contributed by atoms with Crippen LogP contribution in [0.4, 0.5) is 4.39 Å². The van der Waals surface area contributed by atoms with Gasteiger partial charge in [0.2, 0.25) is 0 Å². The third kappa shape index (κ3) is 9.47. The maximum Gasteiger partial charge on any atom is 0.306 e. The van der Waals surface area contributed by atoms with E-state index in [9.17, 15) is 19.4 Å². The summed E-state index contributed by atoms with van der Waals surface area (Å²) in [7, 11) is 0. The van der Waals surface area contributed by atoms with Crippen molar-refractivity contribution in [2.45, 2.75) is 83.3 Å². The zero-order valence-corrected chi connectivity index (χ0v) is 19.7. The molecule has 0 heterocycles. The summed E-state index contributed by atoms with van der Waals surface area (Å²) in [5.41, 5.74) is 0. The molecule has 5 atom stereocenters. The number of carbonyl (C=O) groups excluding carboxylic acids is 1. The van der Waals surface area contributed by atoms with Crippen molar-refractivity contribution in [2.24, 2.45) is 11.8 Å². The Hall–Kier alpha value is -1.63. The van der Waals surface area contributed by atoms with E-state index in [1.807, 2.05) is 26.0 Å². The van der Waals surface area contributed by atoms with Crippen LogP contribution in [-0.4, -0.2) is 47.3 Å². The Balaban J connectivity index is 1.72. The van der Waals surface area contributed by atoms with Gasteiger partial charge in [-0.05, 0) is 82.4 Å². The molecule has 2 N–H and O–H groups in total. The minimum atomic E-state index is -1.17. The van der Waals surface area contributed by atoms with Crippen molar-refractivity contribution in [3.8, 4) is 5.75 Å². The maximum absolute atomic E-state index is 14.4. The number of hydrogen-bond acceptors (Lipinski definition) is 5. The fourth-order valence-electron chi connectivity index (χ4n) is 4.16. The van der Waals surface area contributed by atoms with E-state index in [1.54, 1.807) is 24.3 Å². The number of alkyl halides is 1. The van der Waals surface area contributed by atoms with Crippen molar-refractivity contribution in [3.63, 3.8) is 0 Å². The van der Waals surface area contributed by atoms with Crippen LogP contribution in [0.5, 0.6) is 5.75 Å². The number of aliphatic hydroxyl groups is 2. The molecule has 32 heavy (non-hydrogen) atoms. The summed E-state index contributed by atoms with van der Waals surface area (Å²) >= 11 is 5.90. The predicted molar refractivity (Wildman–Crippen MR) is 124 cm³/mol. The van der Waals surface area contributed by atoms with Crippen molar-refractivity contribution in [2.75, 3.05) is 6.61 Å². The predicted octanol–water partition coefficient (Wildman–Crippen LogP) is 5.26. The molecule has 2 rings (SSSR count). The lowest BCUT2D eigenvalue weighted by Crippen LogP contribution is -2.24. The molecule has 0 saturated heterocycles. The lowest BCUT2D eigenvalue weighted by atomic mass is 9.86. The number of hydrogen-bond donors (Lipinski definition) is 2. The molecule has 0 radical (unpaired) electrons. The molecular formula is C25H36ClFO5. The normalized spacial score (nSPS) is 24.2. The van der Waals surface area contributed by atoms with Crippen molar-refractivity contribution in [3.05, 3.63) is 41.4 Å². The smallest absolute Gasteiger partial charge is 0.306 e. The Morgan fingerprint density at radius 2 is 2.00 bits per heavy atom. The summed E-state index contributed by atoms with van der Waals surface area (Å²) in [6.45, 7) is 3.58. The summed E-state index contributed by atoms with van der Waals surface area (Å²) in [4.78, 5) is 11.5. The summed E-state index contributed by atoms with van der Waals surface area (Å²) < 4.78 is 24.9. The topological polar surface area (TPSA) is 76.0 Å². The van der Waals surface area contributed by atoms with Gasteiger partial charge in [-0.2, -0.15) is 0 Å². The Kier molecular flexibility index (Phi) is 11.5. The number of benzene rings is 1. The highest BCUT2D eigenvalue weighted by atomic mass is 35.5. The monoisotopic (exact) mass is 470 g/mol. The number of ether oxygens (including phenoxy) is 2. The third-order valence-electron chi connectivity index (χ3n) is 5.76. The SMILES string of the molecule is CC(C)OC(=O)CCCC=CC[C@@H]1[C@@H](CC[C@@H](F)COc2cccc(Cl)c2)[C@H](O)C[C@@H]1O. The first-order valence-corrected chi connectivity index (χ1v) is 11.9. The molecule has 5 nitrogen and oxygen atoms in total. The second-order valence-electron chi connectivity index (χ2n) is 8.78. The van der Waals surface area contributed by atoms with E-state index in [2.05, 4.69) is 0 Å². The standard InChI is InChI=1S/C25H36ClFO5/c1-17(2)32-25(30)11-6-4-3-5-10-21-22(24(29)15-23(21)28)13-12-19(27)16-31-20-9-7-8-18(26)14-20/h3,5,7-9,14,17,19,21-24,28-29H,4,6,10-13,15-16H2,1-2H3/t19-,21-,22-,23+,24-/m1/s1. The molecule has 7 heteroatoms. The molecule has 0 bridgehead atoms. The Morgan fingerprint density at radius 3 is 2.72 bits per heavy atom. The van der Waals surface area contributed by atoms with E-state index in [0.717, 1.165) is 6.42 Å². The minimum absolute atomic E-state index is 0.0739. The van der Waals surface area contributed by atoms with Gasteiger partial charge in [-0.1, -0.05) is 29.8 Å². The molecule has 1 saturated carbocycles. The average molecular weight is 471 g/mol. The maximum atomic E-state index is 14.4. The van der Waals surface area contributed by atoms with Crippen LogP contribution in [-0.2, 0) is 9.53 Å². The minimum Gasteiger partial charge on any atom is -0.491 e. The van der Waals surface area contributed by atoms with Gasteiger partial charge in [-0.3, -0.25) is 4.79 Å². The second-order valence-corrected chi connectivity index (χ2v) is 9.22.